The molecule has 0 aromatic heterocycles. The second-order valence-electron chi connectivity index (χ2n) is 5.75. The van der Waals surface area contributed by atoms with Crippen molar-refractivity contribution in [3.05, 3.63) is 0 Å². The summed E-state index contributed by atoms with van der Waals surface area (Å²) in [5.41, 5.74) is 0. The lowest BCUT2D eigenvalue weighted by atomic mass is 10.0. The third-order valence-corrected chi connectivity index (χ3v) is 3.61. The Morgan fingerprint density at radius 3 is 1.26 bits per heavy atom. The quantitative estimate of drug-likeness (QED) is 0.658. The van der Waals surface area contributed by atoms with E-state index < -0.39 is 0 Å². The summed E-state index contributed by atoms with van der Waals surface area (Å²) in [5.74, 6) is 3.01. The van der Waals surface area contributed by atoms with E-state index in [9.17, 15) is 0 Å². The van der Waals surface area contributed by atoms with Crippen LogP contribution in [0.1, 0.15) is 20.8 Å². The van der Waals surface area contributed by atoms with E-state index in [0.29, 0.717) is 18.1 Å². The van der Waals surface area contributed by atoms with Crippen LogP contribution in [-0.2, 0) is 0 Å². The van der Waals surface area contributed by atoms with Gasteiger partial charge in [-0.1, -0.05) is 0 Å². The van der Waals surface area contributed by atoms with E-state index in [1.165, 1.54) is 0 Å². The van der Waals surface area contributed by atoms with Gasteiger partial charge in [0.25, 0.3) is 0 Å². The van der Waals surface area contributed by atoms with Crippen molar-refractivity contribution in [1.82, 2.24) is 16.0 Å². The van der Waals surface area contributed by atoms with Gasteiger partial charge in [-0.15, -0.1) is 0 Å². The SMILES string of the molecule is C[C@@H]1CN=C(C(C2=NC[C@H](C)N2)C2=NC[C@H](C)N2)N1. The number of hydrogen-bond donors (Lipinski definition) is 3. The normalized spacial score (nSPS) is 33.5. The van der Waals surface area contributed by atoms with Crippen LogP contribution in [0.5, 0.6) is 0 Å². The largest absolute Gasteiger partial charge is 0.369 e. The Bertz CT molecular complexity index is 385. The topological polar surface area (TPSA) is 73.2 Å². The fourth-order valence-corrected chi connectivity index (χ4v) is 2.65. The molecule has 0 spiro atoms. The van der Waals surface area contributed by atoms with Gasteiger partial charge in [-0.25, -0.2) is 0 Å². The Morgan fingerprint density at radius 2 is 1.05 bits per heavy atom. The van der Waals surface area contributed by atoms with Crippen molar-refractivity contribution < 1.29 is 0 Å². The molecule has 6 nitrogen and oxygen atoms in total. The van der Waals surface area contributed by atoms with Crippen molar-refractivity contribution in [2.75, 3.05) is 19.6 Å². The highest BCUT2D eigenvalue weighted by Crippen LogP contribution is 2.15. The predicted octanol–water partition coefficient (Wildman–Crippen LogP) is -0.227. The average Bonchev–Trinajstić information content (AvgIpc) is 3.05. The van der Waals surface area contributed by atoms with Gasteiger partial charge in [0.1, 0.15) is 23.4 Å². The summed E-state index contributed by atoms with van der Waals surface area (Å²) >= 11 is 0. The Kier molecular flexibility index (Phi) is 3.16. The van der Waals surface area contributed by atoms with Gasteiger partial charge in [-0.3, -0.25) is 15.0 Å². The average molecular weight is 262 g/mol. The minimum absolute atomic E-state index is 0.0276. The van der Waals surface area contributed by atoms with E-state index in [2.05, 4.69) is 51.7 Å². The molecule has 3 rings (SSSR count). The molecule has 3 heterocycles. The zero-order valence-electron chi connectivity index (χ0n) is 11.8. The first kappa shape index (κ1) is 12.4. The summed E-state index contributed by atoms with van der Waals surface area (Å²) in [5, 5.41) is 10.3. The van der Waals surface area contributed by atoms with E-state index >= 15 is 0 Å². The van der Waals surface area contributed by atoms with Crippen LogP contribution in [0.25, 0.3) is 0 Å². The van der Waals surface area contributed by atoms with Gasteiger partial charge in [0.2, 0.25) is 0 Å². The maximum absolute atomic E-state index is 4.62. The second-order valence-corrected chi connectivity index (χ2v) is 5.75. The first-order valence-corrected chi connectivity index (χ1v) is 7.06. The van der Waals surface area contributed by atoms with E-state index in [-0.39, 0.29) is 5.92 Å². The number of hydrogen-bond acceptors (Lipinski definition) is 6. The van der Waals surface area contributed by atoms with Crippen LogP contribution >= 0.6 is 0 Å². The van der Waals surface area contributed by atoms with Gasteiger partial charge < -0.3 is 16.0 Å². The molecular weight excluding hydrogens is 240 g/mol. The molecule has 3 atom stereocenters. The van der Waals surface area contributed by atoms with Crippen molar-refractivity contribution >= 4 is 17.5 Å². The van der Waals surface area contributed by atoms with Gasteiger partial charge in [-0.05, 0) is 20.8 Å². The first-order chi connectivity index (χ1) is 9.13. The molecule has 0 bridgehead atoms. The summed E-state index contributed by atoms with van der Waals surface area (Å²) in [6.07, 6.45) is 0. The van der Waals surface area contributed by atoms with Crippen LogP contribution in [0, 0.1) is 5.92 Å². The number of nitrogens with one attached hydrogen (secondary N) is 3. The maximum atomic E-state index is 4.62. The molecule has 0 saturated carbocycles. The van der Waals surface area contributed by atoms with Crippen molar-refractivity contribution in [3.63, 3.8) is 0 Å². The van der Waals surface area contributed by atoms with Crippen LogP contribution in [0.4, 0.5) is 0 Å². The Hall–Kier alpha value is -1.59. The minimum atomic E-state index is 0.0276. The molecule has 3 aliphatic heterocycles. The number of aliphatic imine (C=N–C) groups is 3. The number of nitrogens with zero attached hydrogens (tertiary/aromatic N) is 3. The smallest absolute Gasteiger partial charge is 0.130 e. The number of amidine groups is 3. The zero-order chi connectivity index (χ0) is 13.4. The summed E-state index contributed by atoms with van der Waals surface area (Å²) in [7, 11) is 0. The fourth-order valence-electron chi connectivity index (χ4n) is 2.65. The third kappa shape index (κ3) is 2.43. The van der Waals surface area contributed by atoms with Crippen LogP contribution < -0.4 is 16.0 Å². The van der Waals surface area contributed by atoms with Crippen molar-refractivity contribution in [3.8, 4) is 0 Å². The zero-order valence-corrected chi connectivity index (χ0v) is 11.8. The minimum Gasteiger partial charge on any atom is -0.369 e. The molecule has 19 heavy (non-hydrogen) atoms. The lowest BCUT2D eigenvalue weighted by Crippen LogP contribution is -2.49. The summed E-state index contributed by atoms with van der Waals surface area (Å²) in [6, 6.07) is 1.20. The standard InChI is InChI=1S/C13H22N6/c1-7-4-14-11(17-7)10(12-15-5-8(2)18-12)13-16-6-9(3)19-13/h7-10H,4-6H2,1-3H3,(H,14,17)(H,15,18)(H,16,19)/t7-,8-,9+/m0/s1. The molecule has 104 valence electrons. The van der Waals surface area contributed by atoms with Crippen LogP contribution in [0.15, 0.2) is 15.0 Å². The highest BCUT2D eigenvalue weighted by molar-refractivity contribution is 6.23. The van der Waals surface area contributed by atoms with Crippen LogP contribution in [0.2, 0.25) is 0 Å². The van der Waals surface area contributed by atoms with Gasteiger partial charge in [0, 0.05) is 18.1 Å². The summed E-state index contributed by atoms with van der Waals surface area (Å²) < 4.78 is 0. The van der Waals surface area contributed by atoms with Gasteiger partial charge >= 0.3 is 0 Å². The van der Waals surface area contributed by atoms with Gasteiger partial charge in [0.15, 0.2) is 0 Å². The lowest BCUT2D eigenvalue weighted by molar-refractivity contribution is 0.706. The molecule has 6 heteroatoms. The molecule has 0 aliphatic carbocycles. The van der Waals surface area contributed by atoms with E-state index in [4.69, 9.17) is 0 Å². The second kappa shape index (κ2) is 4.83. The molecular formula is C13H22N6. The molecule has 0 aromatic carbocycles. The van der Waals surface area contributed by atoms with Crippen molar-refractivity contribution in [2.24, 2.45) is 20.9 Å². The van der Waals surface area contributed by atoms with E-state index in [1.807, 2.05) is 0 Å². The highest BCUT2D eigenvalue weighted by atomic mass is 15.2. The molecule has 0 saturated heterocycles. The molecule has 3 N–H and O–H groups in total. The lowest BCUT2D eigenvalue weighted by Gasteiger charge is -2.21. The van der Waals surface area contributed by atoms with Crippen molar-refractivity contribution in [2.45, 2.75) is 38.9 Å². The number of rotatable bonds is 3. The predicted molar refractivity (Wildman–Crippen MR) is 78.2 cm³/mol. The fraction of sp³-hybridized carbons (Fsp3) is 0.769. The molecule has 0 radical (unpaired) electrons. The summed E-state index contributed by atoms with van der Waals surface area (Å²) in [4.78, 5) is 13.9. The van der Waals surface area contributed by atoms with E-state index in [1.54, 1.807) is 0 Å². The maximum Gasteiger partial charge on any atom is 0.130 e. The Labute approximate surface area is 113 Å². The third-order valence-electron chi connectivity index (χ3n) is 3.61. The van der Waals surface area contributed by atoms with Crippen LogP contribution in [-0.4, -0.2) is 55.3 Å². The molecule has 0 aromatic rings. The summed E-state index contributed by atoms with van der Waals surface area (Å²) in [6.45, 7) is 8.93. The Morgan fingerprint density at radius 1 is 0.737 bits per heavy atom. The first-order valence-electron chi connectivity index (χ1n) is 7.06. The highest BCUT2D eigenvalue weighted by Gasteiger charge is 2.35. The monoisotopic (exact) mass is 262 g/mol. The molecule has 0 amide bonds. The molecule has 0 unspecified atom stereocenters. The van der Waals surface area contributed by atoms with Crippen LogP contribution in [0.3, 0.4) is 0 Å². The molecule has 3 aliphatic rings. The van der Waals surface area contributed by atoms with Gasteiger partial charge in [0.05, 0.1) is 19.6 Å². The van der Waals surface area contributed by atoms with Crippen molar-refractivity contribution in [1.29, 1.82) is 0 Å². The molecule has 0 fully saturated rings. The van der Waals surface area contributed by atoms with Gasteiger partial charge in [-0.2, -0.15) is 0 Å². The Balaban J connectivity index is 1.84. The van der Waals surface area contributed by atoms with E-state index in [0.717, 1.165) is 37.1 Å².